The van der Waals surface area contributed by atoms with Crippen molar-refractivity contribution >= 4 is 22.8 Å². The lowest BCUT2D eigenvalue weighted by Crippen LogP contribution is -2.44. The minimum atomic E-state index is -1.38. The SMILES string of the molecule is Cc1cnc(Cn2cc(C(=O)O)c(=O)c3cc(F)c(N4CC5CC4CN5)nc32)cn1. The maximum Gasteiger partial charge on any atom is 0.341 e. The Morgan fingerprint density at radius 1 is 1.37 bits per heavy atom. The molecule has 2 N–H and O–H groups in total. The zero-order valence-corrected chi connectivity index (χ0v) is 16.2. The summed E-state index contributed by atoms with van der Waals surface area (Å²) in [6.07, 6.45) is 5.34. The van der Waals surface area contributed by atoms with Crippen LogP contribution in [-0.2, 0) is 6.54 Å². The standard InChI is InChI=1S/C20H19FN6O3/c1-10-4-23-12(5-22-10)7-26-9-15(20(29)30)17(28)14-3-16(21)19(25-18(14)26)27-8-11-2-13(27)6-24-11/h3-5,9,11,13,24H,2,6-8H2,1H3,(H,29,30). The molecule has 30 heavy (non-hydrogen) atoms. The minimum absolute atomic E-state index is 0.0706. The largest absolute Gasteiger partial charge is 0.477 e. The van der Waals surface area contributed by atoms with E-state index < -0.39 is 22.8 Å². The highest BCUT2D eigenvalue weighted by atomic mass is 19.1. The molecule has 154 valence electrons. The summed E-state index contributed by atoms with van der Waals surface area (Å²) in [6.45, 7) is 3.35. The van der Waals surface area contributed by atoms with Crippen molar-refractivity contribution in [3.05, 3.63) is 57.6 Å². The summed E-state index contributed by atoms with van der Waals surface area (Å²) in [7, 11) is 0. The first-order valence-corrected chi connectivity index (χ1v) is 9.65. The molecule has 3 aromatic heterocycles. The van der Waals surface area contributed by atoms with E-state index in [1.54, 1.807) is 12.4 Å². The average molecular weight is 410 g/mol. The molecule has 0 saturated carbocycles. The number of halogens is 1. The first-order chi connectivity index (χ1) is 14.4. The maximum absolute atomic E-state index is 15.0. The second-order valence-corrected chi connectivity index (χ2v) is 7.77. The molecule has 0 radical (unpaired) electrons. The van der Waals surface area contributed by atoms with Crippen molar-refractivity contribution in [2.24, 2.45) is 0 Å². The molecule has 5 heterocycles. The number of aromatic nitrogens is 4. The molecule has 0 aliphatic carbocycles. The van der Waals surface area contributed by atoms with Gasteiger partial charge in [0.25, 0.3) is 0 Å². The van der Waals surface area contributed by atoms with Gasteiger partial charge in [0, 0.05) is 37.6 Å². The Morgan fingerprint density at radius 3 is 2.83 bits per heavy atom. The summed E-state index contributed by atoms with van der Waals surface area (Å²) in [5.41, 5.74) is 0.334. The number of pyridine rings is 2. The third kappa shape index (κ3) is 3.00. The van der Waals surface area contributed by atoms with Gasteiger partial charge in [-0.2, -0.15) is 0 Å². The monoisotopic (exact) mass is 410 g/mol. The molecular formula is C20H19FN6O3. The van der Waals surface area contributed by atoms with E-state index in [0.29, 0.717) is 18.3 Å². The quantitative estimate of drug-likeness (QED) is 0.653. The van der Waals surface area contributed by atoms with E-state index in [9.17, 15) is 19.1 Å². The summed E-state index contributed by atoms with van der Waals surface area (Å²) in [4.78, 5) is 39.2. The topological polar surface area (TPSA) is 113 Å². The van der Waals surface area contributed by atoms with Gasteiger partial charge in [-0.25, -0.2) is 14.2 Å². The molecule has 2 aliphatic rings. The lowest BCUT2D eigenvalue weighted by atomic mass is 10.1. The molecule has 5 rings (SSSR count). The Balaban J connectivity index is 1.68. The van der Waals surface area contributed by atoms with Crippen LogP contribution >= 0.6 is 0 Å². The normalized spacial score (nSPS) is 20.3. The number of nitrogens with zero attached hydrogens (tertiary/aromatic N) is 5. The summed E-state index contributed by atoms with van der Waals surface area (Å²) in [5, 5.41) is 12.7. The molecule has 2 fully saturated rings. The highest BCUT2D eigenvalue weighted by molar-refractivity contribution is 5.92. The molecule has 3 aromatic rings. The van der Waals surface area contributed by atoms with Crippen LogP contribution in [0.4, 0.5) is 10.2 Å². The van der Waals surface area contributed by atoms with Gasteiger partial charge < -0.3 is 19.9 Å². The van der Waals surface area contributed by atoms with E-state index in [4.69, 9.17) is 0 Å². The van der Waals surface area contributed by atoms with Crippen LogP contribution < -0.4 is 15.6 Å². The van der Waals surface area contributed by atoms with Gasteiger partial charge in [0.05, 0.1) is 29.5 Å². The summed E-state index contributed by atoms with van der Waals surface area (Å²) in [6, 6.07) is 1.55. The van der Waals surface area contributed by atoms with Crippen molar-refractivity contribution in [3.63, 3.8) is 0 Å². The Kier molecular flexibility index (Phi) is 4.24. The number of aryl methyl sites for hydroxylation is 1. The number of rotatable bonds is 4. The third-order valence-electron chi connectivity index (χ3n) is 5.71. The number of anilines is 1. The van der Waals surface area contributed by atoms with Gasteiger partial charge in [0.2, 0.25) is 5.43 Å². The molecule has 0 aromatic carbocycles. The smallest absolute Gasteiger partial charge is 0.341 e. The zero-order valence-electron chi connectivity index (χ0n) is 16.2. The van der Waals surface area contributed by atoms with Crippen LogP contribution in [0.5, 0.6) is 0 Å². The number of nitrogens with one attached hydrogen (secondary N) is 1. The number of hydrogen-bond acceptors (Lipinski definition) is 7. The zero-order chi connectivity index (χ0) is 21.0. The van der Waals surface area contributed by atoms with E-state index in [1.807, 2.05) is 11.8 Å². The number of carbonyl (C=O) groups is 1. The Morgan fingerprint density at radius 2 is 2.20 bits per heavy atom. The van der Waals surface area contributed by atoms with Gasteiger partial charge in [0.1, 0.15) is 11.2 Å². The summed E-state index contributed by atoms with van der Waals surface area (Å²) < 4.78 is 16.5. The van der Waals surface area contributed by atoms with Crippen molar-refractivity contribution in [1.82, 2.24) is 24.8 Å². The second kappa shape index (κ2) is 6.84. The van der Waals surface area contributed by atoms with E-state index in [-0.39, 0.29) is 29.4 Å². The highest BCUT2D eigenvalue weighted by Crippen LogP contribution is 2.31. The van der Waals surface area contributed by atoms with Gasteiger partial charge in [-0.15, -0.1) is 0 Å². The Hall–Kier alpha value is -3.40. The van der Waals surface area contributed by atoms with Crippen LogP contribution in [0.2, 0.25) is 0 Å². The summed E-state index contributed by atoms with van der Waals surface area (Å²) >= 11 is 0. The highest BCUT2D eigenvalue weighted by Gasteiger charge is 2.39. The molecular weight excluding hydrogens is 391 g/mol. The molecule has 0 spiro atoms. The molecule has 2 atom stereocenters. The number of fused-ring (bicyclic) bond motifs is 3. The molecule has 2 unspecified atom stereocenters. The lowest BCUT2D eigenvalue weighted by Gasteiger charge is -2.29. The van der Waals surface area contributed by atoms with Crippen molar-refractivity contribution in [2.75, 3.05) is 18.0 Å². The fourth-order valence-corrected chi connectivity index (χ4v) is 4.25. The van der Waals surface area contributed by atoms with Crippen LogP contribution in [-0.4, -0.2) is 55.8 Å². The lowest BCUT2D eigenvalue weighted by molar-refractivity contribution is 0.0695. The average Bonchev–Trinajstić information content (AvgIpc) is 3.35. The van der Waals surface area contributed by atoms with E-state index in [1.165, 1.54) is 10.8 Å². The van der Waals surface area contributed by atoms with Crippen molar-refractivity contribution in [3.8, 4) is 0 Å². The molecule has 0 amide bonds. The number of carboxylic acid groups (broad SMARTS) is 1. The van der Waals surface area contributed by atoms with Crippen LogP contribution in [0, 0.1) is 12.7 Å². The van der Waals surface area contributed by atoms with Gasteiger partial charge in [-0.05, 0) is 19.4 Å². The van der Waals surface area contributed by atoms with Gasteiger partial charge >= 0.3 is 5.97 Å². The molecule has 2 bridgehead atoms. The number of aromatic carboxylic acids is 1. The van der Waals surface area contributed by atoms with Crippen molar-refractivity contribution in [1.29, 1.82) is 0 Å². The van der Waals surface area contributed by atoms with Crippen LogP contribution in [0.3, 0.4) is 0 Å². The third-order valence-corrected chi connectivity index (χ3v) is 5.71. The van der Waals surface area contributed by atoms with E-state index in [0.717, 1.165) is 24.7 Å². The fourth-order valence-electron chi connectivity index (χ4n) is 4.25. The second-order valence-electron chi connectivity index (χ2n) is 7.77. The number of carboxylic acids is 1. The first-order valence-electron chi connectivity index (χ1n) is 9.65. The van der Waals surface area contributed by atoms with E-state index >= 15 is 0 Å². The maximum atomic E-state index is 15.0. The van der Waals surface area contributed by atoms with Crippen LogP contribution in [0.15, 0.2) is 29.5 Å². The molecule has 10 heteroatoms. The van der Waals surface area contributed by atoms with Crippen LogP contribution in [0.1, 0.15) is 28.2 Å². The Bertz CT molecular complexity index is 1230. The molecule has 2 saturated heterocycles. The van der Waals surface area contributed by atoms with Gasteiger partial charge in [0.15, 0.2) is 11.6 Å². The van der Waals surface area contributed by atoms with Gasteiger partial charge in [-0.1, -0.05) is 0 Å². The summed E-state index contributed by atoms with van der Waals surface area (Å²) in [5.74, 6) is -1.82. The van der Waals surface area contributed by atoms with Gasteiger partial charge in [-0.3, -0.25) is 14.8 Å². The molecule has 9 nitrogen and oxygen atoms in total. The van der Waals surface area contributed by atoms with E-state index in [2.05, 4.69) is 20.3 Å². The Labute approximate surface area is 170 Å². The fraction of sp³-hybridized carbons (Fsp3) is 0.350. The van der Waals surface area contributed by atoms with Crippen LogP contribution in [0.25, 0.3) is 11.0 Å². The van der Waals surface area contributed by atoms with Crippen molar-refractivity contribution in [2.45, 2.75) is 32.0 Å². The predicted octanol–water partition coefficient (Wildman–Crippen LogP) is 0.931. The molecule has 2 aliphatic heterocycles. The van der Waals surface area contributed by atoms with Crippen molar-refractivity contribution < 1.29 is 14.3 Å². The predicted molar refractivity (Wildman–Crippen MR) is 106 cm³/mol. The number of piperazine rings is 1. The first kappa shape index (κ1) is 18.6. The minimum Gasteiger partial charge on any atom is -0.477 e. The number of hydrogen-bond donors (Lipinski definition) is 2.